The van der Waals surface area contributed by atoms with E-state index in [1.807, 2.05) is 13.1 Å². The molecule has 2 aliphatic heterocycles. The third-order valence-electron chi connectivity index (χ3n) is 5.89. The van der Waals surface area contributed by atoms with Gasteiger partial charge in [0.2, 0.25) is 5.91 Å². The zero-order chi connectivity index (χ0) is 19.5. The average molecular weight is 375 g/mol. The van der Waals surface area contributed by atoms with Gasteiger partial charge < -0.3 is 10.1 Å². The topological polar surface area (TPSA) is 67.4 Å². The van der Waals surface area contributed by atoms with Gasteiger partial charge in [0, 0.05) is 57.2 Å². The Morgan fingerprint density at radius 3 is 2.74 bits per heavy atom. The van der Waals surface area contributed by atoms with Crippen LogP contribution in [0.2, 0.25) is 0 Å². The number of amides is 1. The smallest absolute Gasteiger partial charge is 0.225 e. The monoisotopic (exact) mass is 374 g/mol. The van der Waals surface area contributed by atoms with Gasteiger partial charge in [-0.3, -0.25) is 19.7 Å². The molecule has 0 radical (unpaired) electrons. The molecule has 1 aromatic heterocycles. The summed E-state index contributed by atoms with van der Waals surface area (Å²) in [7, 11) is 0. The maximum Gasteiger partial charge on any atom is 0.225 e. The van der Waals surface area contributed by atoms with Gasteiger partial charge in [0.25, 0.3) is 0 Å². The van der Waals surface area contributed by atoms with Crippen LogP contribution in [0.3, 0.4) is 0 Å². The predicted molar refractivity (Wildman–Crippen MR) is 105 cm³/mol. The van der Waals surface area contributed by atoms with Gasteiger partial charge in [0.05, 0.1) is 17.3 Å². The Hall–Kier alpha value is -1.53. The third kappa shape index (κ3) is 5.26. The molecular weight excluding hydrogens is 340 g/mol. The lowest BCUT2D eigenvalue weighted by Crippen LogP contribution is -2.44. The van der Waals surface area contributed by atoms with E-state index in [1.165, 1.54) is 0 Å². The van der Waals surface area contributed by atoms with Gasteiger partial charge in [-0.25, -0.2) is 0 Å². The van der Waals surface area contributed by atoms with Crippen LogP contribution in [-0.4, -0.2) is 53.6 Å². The van der Waals surface area contributed by atoms with Crippen molar-refractivity contribution < 1.29 is 9.53 Å². The number of rotatable bonds is 5. The molecule has 2 saturated heterocycles. The maximum absolute atomic E-state index is 13.1. The van der Waals surface area contributed by atoms with E-state index in [-0.39, 0.29) is 22.7 Å². The molecule has 1 aromatic rings. The number of hydrogen-bond acceptors (Lipinski definition) is 5. The largest absolute Gasteiger partial charge is 0.381 e. The Morgan fingerprint density at radius 1 is 1.33 bits per heavy atom. The van der Waals surface area contributed by atoms with Crippen LogP contribution in [0.1, 0.15) is 51.4 Å². The molecule has 0 bridgehead atoms. The molecule has 3 heterocycles. The average Bonchev–Trinajstić information content (AvgIpc) is 2.91. The van der Waals surface area contributed by atoms with Crippen molar-refractivity contribution in [2.75, 3.05) is 32.8 Å². The molecule has 6 nitrogen and oxygen atoms in total. The van der Waals surface area contributed by atoms with Crippen molar-refractivity contribution in [3.63, 3.8) is 0 Å². The van der Waals surface area contributed by atoms with Crippen molar-refractivity contribution >= 4 is 5.91 Å². The molecular formula is C21H34N4O2. The summed E-state index contributed by atoms with van der Waals surface area (Å²) < 4.78 is 5.61. The van der Waals surface area contributed by atoms with E-state index < -0.39 is 0 Å². The molecule has 0 aromatic carbocycles. The van der Waals surface area contributed by atoms with E-state index in [4.69, 9.17) is 4.74 Å². The molecule has 150 valence electrons. The quantitative estimate of drug-likeness (QED) is 0.858. The number of likely N-dealkylation sites (tertiary alicyclic amines) is 1. The van der Waals surface area contributed by atoms with Gasteiger partial charge in [0.1, 0.15) is 0 Å². The van der Waals surface area contributed by atoms with Crippen LogP contribution >= 0.6 is 0 Å². The van der Waals surface area contributed by atoms with Crippen molar-refractivity contribution in [1.82, 2.24) is 20.2 Å². The van der Waals surface area contributed by atoms with Gasteiger partial charge >= 0.3 is 0 Å². The van der Waals surface area contributed by atoms with Crippen molar-refractivity contribution in [1.29, 1.82) is 0 Å². The molecule has 6 heteroatoms. The Morgan fingerprint density at radius 2 is 2.07 bits per heavy atom. The zero-order valence-corrected chi connectivity index (χ0v) is 17.3. The van der Waals surface area contributed by atoms with E-state index in [0.29, 0.717) is 0 Å². The fourth-order valence-corrected chi connectivity index (χ4v) is 4.34. The highest BCUT2D eigenvalue weighted by atomic mass is 16.5. The summed E-state index contributed by atoms with van der Waals surface area (Å²) in [5.74, 6) is 0.234. The minimum Gasteiger partial charge on any atom is -0.381 e. The number of ether oxygens (including phenoxy) is 1. The second-order valence-electron chi connectivity index (χ2n) is 9.45. The molecule has 1 atom stereocenters. The molecule has 0 saturated carbocycles. The molecule has 2 aliphatic rings. The second kappa shape index (κ2) is 8.23. The standard InChI is InChI=1S/C21H34N4O2/c1-16-11-22-12-17(24-16)13-25-14-18(19(26)23-8-5-20(2,3)4)21(15-25)6-9-27-10-7-21/h11-12,18H,5-10,13-15H2,1-4H3,(H,23,26). The van der Waals surface area contributed by atoms with Gasteiger partial charge in [-0.05, 0) is 31.6 Å². The summed E-state index contributed by atoms with van der Waals surface area (Å²) in [6, 6.07) is 0. The Balaban J connectivity index is 1.67. The van der Waals surface area contributed by atoms with Crippen molar-refractivity contribution in [3.05, 3.63) is 23.8 Å². The van der Waals surface area contributed by atoms with Crippen LogP contribution in [0.15, 0.2) is 12.4 Å². The first kappa shape index (κ1) is 20.2. The number of carbonyl (C=O) groups is 1. The van der Waals surface area contributed by atoms with Crippen LogP contribution in [0.4, 0.5) is 0 Å². The summed E-state index contributed by atoms with van der Waals surface area (Å²) in [5, 5.41) is 3.21. The molecule has 1 unspecified atom stereocenters. The Kier molecular flexibility index (Phi) is 6.16. The number of hydrogen-bond donors (Lipinski definition) is 1. The molecule has 1 amide bonds. The highest BCUT2D eigenvalue weighted by molar-refractivity contribution is 5.80. The number of carbonyl (C=O) groups excluding carboxylic acids is 1. The normalized spacial score (nSPS) is 22.9. The fourth-order valence-electron chi connectivity index (χ4n) is 4.34. The molecule has 0 aliphatic carbocycles. The Labute approximate surface area is 163 Å². The van der Waals surface area contributed by atoms with Gasteiger partial charge in [-0.15, -0.1) is 0 Å². The fraction of sp³-hybridized carbons (Fsp3) is 0.762. The number of nitrogens with one attached hydrogen (secondary N) is 1. The Bertz CT molecular complexity index is 650. The van der Waals surface area contributed by atoms with E-state index in [2.05, 4.69) is 41.0 Å². The van der Waals surface area contributed by atoms with Gasteiger partial charge in [-0.1, -0.05) is 20.8 Å². The molecule has 1 N–H and O–H groups in total. The van der Waals surface area contributed by atoms with Crippen LogP contribution < -0.4 is 5.32 Å². The first-order chi connectivity index (χ1) is 12.8. The lowest BCUT2D eigenvalue weighted by molar-refractivity contribution is -0.129. The van der Waals surface area contributed by atoms with E-state index in [9.17, 15) is 4.79 Å². The highest BCUT2D eigenvalue weighted by Crippen LogP contribution is 2.44. The maximum atomic E-state index is 13.1. The van der Waals surface area contributed by atoms with Gasteiger partial charge in [-0.2, -0.15) is 0 Å². The molecule has 2 fully saturated rings. The van der Waals surface area contributed by atoms with Crippen molar-refractivity contribution in [2.24, 2.45) is 16.7 Å². The first-order valence-corrected chi connectivity index (χ1v) is 10.1. The number of aryl methyl sites for hydroxylation is 1. The van der Waals surface area contributed by atoms with Crippen LogP contribution in [0.5, 0.6) is 0 Å². The van der Waals surface area contributed by atoms with Crippen molar-refractivity contribution in [2.45, 2.75) is 53.5 Å². The minimum absolute atomic E-state index is 0.0270. The van der Waals surface area contributed by atoms with Crippen LogP contribution in [0.25, 0.3) is 0 Å². The summed E-state index contributed by atoms with van der Waals surface area (Å²) in [6.45, 7) is 13.3. The van der Waals surface area contributed by atoms with E-state index in [1.54, 1.807) is 6.20 Å². The SMILES string of the molecule is Cc1cncc(CN2CC(C(=O)NCCC(C)(C)C)C3(CCOCC3)C2)n1. The number of aromatic nitrogens is 2. The summed E-state index contributed by atoms with van der Waals surface area (Å²) in [6.07, 6.45) is 6.52. The van der Waals surface area contributed by atoms with Crippen LogP contribution in [-0.2, 0) is 16.1 Å². The lowest BCUT2D eigenvalue weighted by Gasteiger charge is -2.37. The van der Waals surface area contributed by atoms with Crippen molar-refractivity contribution in [3.8, 4) is 0 Å². The minimum atomic E-state index is 0.0270. The summed E-state index contributed by atoms with van der Waals surface area (Å²) in [4.78, 5) is 24.3. The van der Waals surface area contributed by atoms with E-state index >= 15 is 0 Å². The summed E-state index contributed by atoms with van der Waals surface area (Å²) >= 11 is 0. The van der Waals surface area contributed by atoms with Gasteiger partial charge in [0.15, 0.2) is 0 Å². The first-order valence-electron chi connectivity index (χ1n) is 10.1. The third-order valence-corrected chi connectivity index (χ3v) is 5.89. The molecule has 27 heavy (non-hydrogen) atoms. The number of nitrogens with zero attached hydrogens (tertiary/aromatic N) is 3. The predicted octanol–water partition coefficient (Wildman–Crippen LogP) is 2.57. The van der Waals surface area contributed by atoms with E-state index in [0.717, 1.165) is 70.0 Å². The second-order valence-corrected chi connectivity index (χ2v) is 9.45. The molecule has 3 rings (SSSR count). The molecule has 1 spiro atoms. The summed E-state index contributed by atoms with van der Waals surface area (Å²) in [5.41, 5.74) is 2.17. The highest BCUT2D eigenvalue weighted by Gasteiger charge is 2.50. The lowest BCUT2D eigenvalue weighted by atomic mass is 9.71. The van der Waals surface area contributed by atoms with Crippen LogP contribution in [0, 0.1) is 23.7 Å². The zero-order valence-electron chi connectivity index (χ0n) is 17.3.